The molecule has 156 valence electrons. The van der Waals surface area contributed by atoms with Gasteiger partial charge in [0.2, 0.25) is 0 Å². The highest BCUT2D eigenvalue weighted by Crippen LogP contribution is 2.30. The molecule has 0 saturated heterocycles. The summed E-state index contributed by atoms with van der Waals surface area (Å²) in [5, 5.41) is 5.53. The molecule has 0 heterocycles. The number of ether oxygens (including phenoxy) is 2. The summed E-state index contributed by atoms with van der Waals surface area (Å²) in [4.78, 5) is 0. The minimum Gasteiger partial charge on any atom is -0.496 e. The second-order valence-corrected chi connectivity index (χ2v) is 9.41. The number of rotatable bonds is 8. The quantitative estimate of drug-likeness (QED) is 0.161. The molecule has 0 saturated carbocycles. The highest BCUT2D eigenvalue weighted by Gasteiger charge is 2.10. The van der Waals surface area contributed by atoms with Crippen LogP contribution in [0.4, 0.5) is 0 Å². The van der Waals surface area contributed by atoms with Gasteiger partial charge in [0.05, 0.1) is 27.0 Å². The van der Waals surface area contributed by atoms with Gasteiger partial charge in [-0.3, -0.25) is 0 Å². The van der Waals surface area contributed by atoms with Gasteiger partial charge in [-0.05, 0) is 81.1 Å². The molecule has 8 heteroatoms. The summed E-state index contributed by atoms with van der Waals surface area (Å²) in [6, 6.07) is 17.3. The van der Waals surface area contributed by atoms with Crippen LogP contribution in [0.1, 0.15) is 16.7 Å². The Kier molecular flexibility index (Phi) is 8.91. The molecule has 3 aromatic rings. The Hall–Kier alpha value is -1.23. The third-order valence-electron chi connectivity index (χ3n) is 4.17. The SMILES string of the molecule is COc1ccccc1CN/N=C/c1cc(I)c(OCc2ccc(Cl)cc2Cl)c(I)c1. The van der Waals surface area contributed by atoms with Crippen molar-refractivity contribution in [3.05, 3.63) is 88.5 Å². The standard InChI is InChI=1S/C22H18Cl2I2N2O2/c1-29-21-5-3-2-4-15(21)12-28-27-11-14-8-19(25)22(20(26)9-14)30-13-16-6-7-17(23)10-18(16)24/h2-11,28H,12-13H2,1H3/b27-11+. The fourth-order valence-electron chi connectivity index (χ4n) is 2.68. The summed E-state index contributed by atoms with van der Waals surface area (Å²) < 4.78 is 13.4. The molecule has 4 nitrogen and oxygen atoms in total. The van der Waals surface area contributed by atoms with E-state index in [0.717, 1.165) is 35.3 Å². The molecule has 0 spiro atoms. The van der Waals surface area contributed by atoms with E-state index in [-0.39, 0.29) is 0 Å². The first-order valence-electron chi connectivity index (χ1n) is 8.91. The van der Waals surface area contributed by atoms with E-state index in [0.29, 0.717) is 23.2 Å². The van der Waals surface area contributed by atoms with Crippen molar-refractivity contribution < 1.29 is 9.47 Å². The maximum atomic E-state index is 6.23. The normalized spacial score (nSPS) is 11.0. The Morgan fingerprint density at radius 3 is 2.43 bits per heavy atom. The molecule has 0 radical (unpaired) electrons. The molecule has 0 aromatic heterocycles. The summed E-state index contributed by atoms with van der Waals surface area (Å²) in [5.74, 6) is 1.66. The first kappa shape index (κ1) is 23.4. The Morgan fingerprint density at radius 1 is 1.00 bits per heavy atom. The van der Waals surface area contributed by atoms with Crippen LogP contribution in [0.15, 0.2) is 59.7 Å². The topological polar surface area (TPSA) is 42.8 Å². The molecule has 1 N–H and O–H groups in total. The van der Waals surface area contributed by atoms with Crippen LogP contribution in [-0.2, 0) is 13.2 Å². The molecule has 0 fully saturated rings. The predicted molar refractivity (Wildman–Crippen MR) is 140 cm³/mol. The second-order valence-electron chi connectivity index (χ2n) is 6.24. The number of nitrogens with one attached hydrogen (secondary N) is 1. The summed E-state index contributed by atoms with van der Waals surface area (Å²) in [5.41, 5.74) is 5.98. The van der Waals surface area contributed by atoms with E-state index in [2.05, 4.69) is 55.7 Å². The first-order valence-corrected chi connectivity index (χ1v) is 11.8. The zero-order valence-corrected chi connectivity index (χ0v) is 21.8. The number of halogens is 4. The Labute approximate surface area is 213 Å². The minimum atomic E-state index is 0.371. The Bertz CT molecular complexity index is 1040. The van der Waals surface area contributed by atoms with Gasteiger partial charge in [-0.2, -0.15) is 5.10 Å². The Morgan fingerprint density at radius 2 is 1.73 bits per heavy atom. The molecule has 0 atom stereocenters. The zero-order chi connectivity index (χ0) is 21.5. The van der Waals surface area contributed by atoms with Crippen molar-refractivity contribution in [2.45, 2.75) is 13.2 Å². The van der Waals surface area contributed by atoms with Gasteiger partial charge in [-0.15, -0.1) is 0 Å². The number of benzene rings is 3. The van der Waals surface area contributed by atoms with Gasteiger partial charge in [-0.25, -0.2) is 0 Å². The minimum absolute atomic E-state index is 0.371. The van der Waals surface area contributed by atoms with Gasteiger partial charge in [0, 0.05) is 21.2 Å². The van der Waals surface area contributed by atoms with Gasteiger partial charge in [0.25, 0.3) is 0 Å². The van der Waals surface area contributed by atoms with E-state index in [4.69, 9.17) is 32.7 Å². The van der Waals surface area contributed by atoms with Gasteiger partial charge in [0.1, 0.15) is 18.1 Å². The van der Waals surface area contributed by atoms with Crippen LogP contribution in [-0.4, -0.2) is 13.3 Å². The third-order valence-corrected chi connectivity index (χ3v) is 6.36. The lowest BCUT2D eigenvalue weighted by atomic mass is 10.2. The number of methoxy groups -OCH3 is 1. The molecule has 0 aliphatic rings. The van der Waals surface area contributed by atoms with Crippen molar-refractivity contribution in [2.75, 3.05) is 7.11 Å². The maximum absolute atomic E-state index is 6.23. The van der Waals surface area contributed by atoms with E-state index in [1.54, 1.807) is 25.5 Å². The highest BCUT2D eigenvalue weighted by atomic mass is 127. The lowest BCUT2D eigenvalue weighted by Gasteiger charge is -2.12. The fourth-order valence-corrected chi connectivity index (χ4v) is 5.27. The van der Waals surface area contributed by atoms with E-state index < -0.39 is 0 Å². The van der Waals surface area contributed by atoms with Crippen LogP contribution in [0.25, 0.3) is 0 Å². The van der Waals surface area contributed by atoms with Crippen LogP contribution in [0, 0.1) is 7.14 Å². The van der Waals surface area contributed by atoms with Gasteiger partial charge in [0.15, 0.2) is 0 Å². The van der Waals surface area contributed by atoms with Crippen LogP contribution >= 0.6 is 68.4 Å². The van der Waals surface area contributed by atoms with Crippen molar-refractivity contribution >= 4 is 74.6 Å². The molecule has 0 bridgehead atoms. The van der Waals surface area contributed by atoms with E-state index in [1.807, 2.05) is 42.5 Å². The smallest absolute Gasteiger partial charge is 0.146 e. The molecule has 0 aliphatic carbocycles. The second kappa shape index (κ2) is 11.4. The average Bonchev–Trinajstić information content (AvgIpc) is 2.72. The van der Waals surface area contributed by atoms with Crippen LogP contribution in [0.3, 0.4) is 0 Å². The van der Waals surface area contributed by atoms with Crippen LogP contribution < -0.4 is 14.9 Å². The predicted octanol–water partition coefficient (Wildman–Crippen LogP) is 6.91. The molecule has 30 heavy (non-hydrogen) atoms. The monoisotopic (exact) mass is 666 g/mol. The van der Waals surface area contributed by atoms with E-state index in [1.165, 1.54) is 0 Å². The summed E-state index contributed by atoms with van der Waals surface area (Å²) in [6.45, 7) is 0.952. The van der Waals surface area contributed by atoms with Gasteiger partial charge < -0.3 is 14.9 Å². The molecular weight excluding hydrogens is 649 g/mol. The highest BCUT2D eigenvalue weighted by molar-refractivity contribution is 14.1. The number of hydrogen-bond donors (Lipinski definition) is 1. The number of hydrogen-bond acceptors (Lipinski definition) is 4. The lowest BCUT2D eigenvalue weighted by molar-refractivity contribution is 0.302. The first-order chi connectivity index (χ1) is 14.5. The maximum Gasteiger partial charge on any atom is 0.146 e. The number of hydrazone groups is 1. The van der Waals surface area contributed by atoms with Crippen molar-refractivity contribution in [2.24, 2.45) is 5.10 Å². The summed E-state index contributed by atoms with van der Waals surface area (Å²) in [6.07, 6.45) is 1.79. The largest absolute Gasteiger partial charge is 0.496 e. The number of nitrogens with zero attached hydrogens (tertiary/aromatic N) is 1. The molecule has 0 amide bonds. The van der Waals surface area contributed by atoms with E-state index in [9.17, 15) is 0 Å². The third kappa shape index (κ3) is 6.38. The van der Waals surface area contributed by atoms with Crippen molar-refractivity contribution in [3.8, 4) is 11.5 Å². The summed E-state index contributed by atoms with van der Waals surface area (Å²) >= 11 is 16.7. The lowest BCUT2D eigenvalue weighted by Crippen LogP contribution is -2.07. The summed E-state index contributed by atoms with van der Waals surface area (Å²) in [7, 11) is 1.66. The Balaban J connectivity index is 1.63. The van der Waals surface area contributed by atoms with Gasteiger partial charge in [-0.1, -0.05) is 47.5 Å². The molecule has 3 rings (SSSR count). The van der Waals surface area contributed by atoms with Crippen LogP contribution in [0.5, 0.6) is 11.5 Å². The van der Waals surface area contributed by atoms with E-state index >= 15 is 0 Å². The molecule has 3 aromatic carbocycles. The zero-order valence-electron chi connectivity index (χ0n) is 16.0. The molecular formula is C22H18Cl2I2N2O2. The van der Waals surface area contributed by atoms with Crippen molar-refractivity contribution in [1.82, 2.24) is 5.43 Å². The molecule has 0 aliphatic heterocycles. The van der Waals surface area contributed by atoms with Gasteiger partial charge >= 0.3 is 0 Å². The van der Waals surface area contributed by atoms with Crippen molar-refractivity contribution in [1.29, 1.82) is 0 Å². The molecule has 0 unspecified atom stereocenters. The number of para-hydroxylation sites is 1. The fraction of sp³-hybridized carbons (Fsp3) is 0.136. The average molecular weight is 667 g/mol. The van der Waals surface area contributed by atoms with Crippen molar-refractivity contribution in [3.63, 3.8) is 0 Å². The van der Waals surface area contributed by atoms with Crippen LogP contribution in [0.2, 0.25) is 10.0 Å².